The van der Waals surface area contributed by atoms with Gasteiger partial charge < -0.3 is 11.1 Å². The van der Waals surface area contributed by atoms with Gasteiger partial charge in [-0.1, -0.05) is 13.3 Å². The maximum Gasteiger partial charge on any atom is 0.000782 e. The normalized spacial score (nSPS) is 19.5. The zero-order valence-corrected chi connectivity index (χ0v) is 8.23. The molecule has 1 saturated carbocycles. The van der Waals surface area contributed by atoms with Crippen molar-refractivity contribution in [3.05, 3.63) is 0 Å². The first-order valence-corrected chi connectivity index (χ1v) is 5.24. The molecule has 0 spiro atoms. The van der Waals surface area contributed by atoms with Crippen molar-refractivity contribution < 1.29 is 0 Å². The Bertz CT molecular complexity index is 119. The Labute approximate surface area is 75.9 Å². The molecule has 1 aliphatic carbocycles. The molecule has 2 nitrogen and oxygen atoms in total. The Morgan fingerprint density at radius 1 is 1.42 bits per heavy atom. The van der Waals surface area contributed by atoms with Crippen LogP contribution in [0.3, 0.4) is 0 Å². The summed E-state index contributed by atoms with van der Waals surface area (Å²) in [6.45, 7) is 5.41. The van der Waals surface area contributed by atoms with E-state index in [2.05, 4.69) is 12.2 Å². The lowest BCUT2D eigenvalue weighted by Crippen LogP contribution is -2.26. The molecular weight excluding hydrogens is 148 g/mol. The summed E-state index contributed by atoms with van der Waals surface area (Å²) in [5.74, 6) is 0. The monoisotopic (exact) mass is 170 g/mol. The molecule has 0 amide bonds. The zero-order valence-electron chi connectivity index (χ0n) is 8.23. The van der Waals surface area contributed by atoms with E-state index in [1.165, 1.54) is 32.2 Å². The van der Waals surface area contributed by atoms with Crippen molar-refractivity contribution in [2.45, 2.75) is 39.0 Å². The molecule has 0 bridgehead atoms. The van der Waals surface area contributed by atoms with Gasteiger partial charge in [0.2, 0.25) is 0 Å². The van der Waals surface area contributed by atoms with Gasteiger partial charge in [0.25, 0.3) is 0 Å². The lowest BCUT2D eigenvalue weighted by molar-refractivity contribution is 0.420. The Morgan fingerprint density at radius 2 is 2.17 bits per heavy atom. The van der Waals surface area contributed by atoms with Crippen molar-refractivity contribution >= 4 is 0 Å². The zero-order chi connectivity index (χ0) is 8.86. The van der Waals surface area contributed by atoms with Crippen LogP contribution in [0.25, 0.3) is 0 Å². The van der Waals surface area contributed by atoms with E-state index in [0.29, 0.717) is 5.41 Å². The van der Waals surface area contributed by atoms with E-state index in [1.807, 2.05) is 0 Å². The van der Waals surface area contributed by atoms with Gasteiger partial charge in [0.15, 0.2) is 0 Å². The molecule has 0 heterocycles. The first-order chi connectivity index (χ1) is 5.83. The van der Waals surface area contributed by atoms with Gasteiger partial charge in [-0.3, -0.25) is 0 Å². The lowest BCUT2D eigenvalue weighted by atomic mass is 10.0. The van der Waals surface area contributed by atoms with Crippen molar-refractivity contribution in [1.82, 2.24) is 5.32 Å². The van der Waals surface area contributed by atoms with Crippen LogP contribution in [0.15, 0.2) is 0 Å². The topological polar surface area (TPSA) is 38.0 Å². The van der Waals surface area contributed by atoms with E-state index in [4.69, 9.17) is 5.73 Å². The van der Waals surface area contributed by atoms with Gasteiger partial charge in [-0.15, -0.1) is 0 Å². The third-order valence-electron chi connectivity index (χ3n) is 2.80. The maximum atomic E-state index is 5.41. The van der Waals surface area contributed by atoms with E-state index in [9.17, 15) is 0 Å². The highest BCUT2D eigenvalue weighted by Gasteiger charge is 2.40. The summed E-state index contributed by atoms with van der Waals surface area (Å²) in [5.41, 5.74) is 6.11. The number of nitrogens with one attached hydrogen (secondary N) is 1. The predicted molar refractivity (Wildman–Crippen MR) is 53.1 cm³/mol. The standard InChI is InChI=1S/C10H22N2/c1-2-4-10(5-6-10)9-12-8-3-7-11/h12H,2-9,11H2,1H3. The average molecular weight is 170 g/mol. The summed E-state index contributed by atoms with van der Waals surface area (Å²) in [6, 6.07) is 0. The molecule has 1 aliphatic rings. The quantitative estimate of drug-likeness (QED) is 0.568. The second kappa shape index (κ2) is 4.83. The fourth-order valence-electron chi connectivity index (χ4n) is 1.80. The summed E-state index contributed by atoms with van der Waals surface area (Å²) in [4.78, 5) is 0. The van der Waals surface area contributed by atoms with Crippen LogP contribution in [-0.2, 0) is 0 Å². The van der Waals surface area contributed by atoms with Gasteiger partial charge >= 0.3 is 0 Å². The number of nitrogens with two attached hydrogens (primary N) is 1. The van der Waals surface area contributed by atoms with Crippen molar-refractivity contribution in [3.8, 4) is 0 Å². The predicted octanol–water partition coefficient (Wildman–Crippen LogP) is 1.51. The number of rotatable bonds is 7. The number of hydrogen-bond donors (Lipinski definition) is 2. The minimum Gasteiger partial charge on any atom is -0.330 e. The highest BCUT2D eigenvalue weighted by molar-refractivity contribution is 4.94. The fraction of sp³-hybridized carbons (Fsp3) is 1.00. The fourth-order valence-corrected chi connectivity index (χ4v) is 1.80. The Hall–Kier alpha value is -0.0800. The average Bonchev–Trinajstić information content (AvgIpc) is 2.81. The van der Waals surface area contributed by atoms with Crippen molar-refractivity contribution in [2.75, 3.05) is 19.6 Å². The Balaban J connectivity index is 1.98. The summed E-state index contributed by atoms with van der Waals surface area (Å²) in [5, 5.41) is 3.49. The van der Waals surface area contributed by atoms with Crippen LogP contribution < -0.4 is 11.1 Å². The van der Waals surface area contributed by atoms with Gasteiger partial charge in [0.1, 0.15) is 0 Å². The summed E-state index contributed by atoms with van der Waals surface area (Å²) in [6.07, 6.45) is 6.73. The van der Waals surface area contributed by atoms with E-state index in [0.717, 1.165) is 19.5 Å². The molecule has 0 aliphatic heterocycles. The van der Waals surface area contributed by atoms with Crippen LogP contribution in [0, 0.1) is 5.41 Å². The van der Waals surface area contributed by atoms with Crippen LogP contribution in [-0.4, -0.2) is 19.6 Å². The van der Waals surface area contributed by atoms with Crippen LogP contribution in [0.1, 0.15) is 39.0 Å². The van der Waals surface area contributed by atoms with E-state index in [-0.39, 0.29) is 0 Å². The molecular formula is C10H22N2. The molecule has 0 unspecified atom stereocenters. The Morgan fingerprint density at radius 3 is 2.67 bits per heavy atom. The third kappa shape index (κ3) is 3.11. The van der Waals surface area contributed by atoms with Gasteiger partial charge in [0.05, 0.1) is 0 Å². The molecule has 72 valence electrons. The molecule has 0 atom stereocenters. The highest BCUT2D eigenvalue weighted by atomic mass is 14.9. The molecule has 0 aromatic rings. The first kappa shape index (κ1) is 10.0. The molecule has 0 aromatic carbocycles. The maximum absolute atomic E-state index is 5.41. The summed E-state index contributed by atoms with van der Waals surface area (Å²) < 4.78 is 0. The molecule has 0 saturated heterocycles. The van der Waals surface area contributed by atoms with Crippen molar-refractivity contribution in [2.24, 2.45) is 11.1 Å². The van der Waals surface area contributed by atoms with Gasteiger partial charge in [-0.25, -0.2) is 0 Å². The lowest BCUT2D eigenvalue weighted by Gasteiger charge is -2.14. The second-order valence-corrected chi connectivity index (χ2v) is 4.07. The van der Waals surface area contributed by atoms with Gasteiger partial charge in [-0.2, -0.15) is 0 Å². The minimum absolute atomic E-state index is 0.698. The smallest absolute Gasteiger partial charge is 0.000782 e. The molecule has 1 fully saturated rings. The first-order valence-electron chi connectivity index (χ1n) is 5.24. The summed E-state index contributed by atoms with van der Waals surface area (Å²) >= 11 is 0. The van der Waals surface area contributed by atoms with Gasteiger partial charge in [0, 0.05) is 6.54 Å². The number of hydrogen-bond acceptors (Lipinski definition) is 2. The SMILES string of the molecule is CCCC1(CNCCCN)CC1. The molecule has 1 rings (SSSR count). The third-order valence-corrected chi connectivity index (χ3v) is 2.80. The van der Waals surface area contributed by atoms with Crippen molar-refractivity contribution in [1.29, 1.82) is 0 Å². The Kier molecular flexibility index (Phi) is 4.02. The van der Waals surface area contributed by atoms with Gasteiger partial charge in [-0.05, 0) is 44.2 Å². The minimum atomic E-state index is 0.698. The van der Waals surface area contributed by atoms with E-state index < -0.39 is 0 Å². The van der Waals surface area contributed by atoms with Crippen LogP contribution in [0.5, 0.6) is 0 Å². The molecule has 3 N–H and O–H groups in total. The molecule has 0 aromatic heterocycles. The molecule has 0 radical (unpaired) electrons. The van der Waals surface area contributed by atoms with Crippen molar-refractivity contribution in [3.63, 3.8) is 0 Å². The van der Waals surface area contributed by atoms with Crippen LogP contribution >= 0.6 is 0 Å². The van der Waals surface area contributed by atoms with E-state index in [1.54, 1.807) is 0 Å². The van der Waals surface area contributed by atoms with Crippen LogP contribution in [0.4, 0.5) is 0 Å². The molecule has 2 heteroatoms. The largest absolute Gasteiger partial charge is 0.330 e. The van der Waals surface area contributed by atoms with Crippen LogP contribution in [0.2, 0.25) is 0 Å². The molecule has 12 heavy (non-hydrogen) atoms. The second-order valence-electron chi connectivity index (χ2n) is 4.07. The van der Waals surface area contributed by atoms with E-state index >= 15 is 0 Å². The summed E-state index contributed by atoms with van der Waals surface area (Å²) in [7, 11) is 0. The highest BCUT2D eigenvalue weighted by Crippen LogP contribution is 2.48.